The number of benzene rings is 3. The first-order valence-corrected chi connectivity index (χ1v) is 13.1. The summed E-state index contributed by atoms with van der Waals surface area (Å²) in [5.41, 5.74) is 4.19. The van der Waals surface area contributed by atoms with Crippen molar-refractivity contribution < 1.29 is 18.3 Å². The van der Waals surface area contributed by atoms with Gasteiger partial charge in [-0.3, -0.25) is 9.69 Å². The van der Waals surface area contributed by atoms with Gasteiger partial charge < -0.3 is 14.1 Å². The van der Waals surface area contributed by atoms with Crippen LogP contribution in [0.25, 0.3) is 0 Å². The molecule has 0 spiro atoms. The van der Waals surface area contributed by atoms with Gasteiger partial charge in [-0.15, -0.1) is 0 Å². The number of ether oxygens (including phenoxy) is 1. The molecule has 0 radical (unpaired) electrons. The van der Waals surface area contributed by atoms with Gasteiger partial charge in [0.2, 0.25) is 0 Å². The molecule has 3 aromatic carbocycles. The quantitative estimate of drug-likeness (QED) is 0.261. The van der Waals surface area contributed by atoms with E-state index < -0.39 is 6.10 Å². The minimum absolute atomic E-state index is 0.0551. The van der Waals surface area contributed by atoms with E-state index in [2.05, 4.69) is 29.2 Å². The van der Waals surface area contributed by atoms with Gasteiger partial charge in [-0.1, -0.05) is 61.5 Å². The first-order valence-electron chi connectivity index (χ1n) is 13.1. The van der Waals surface area contributed by atoms with Crippen molar-refractivity contribution in [3.63, 3.8) is 0 Å². The van der Waals surface area contributed by atoms with Gasteiger partial charge in [0.05, 0.1) is 18.8 Å². The molecule has 196 valence electrons. The van der Waals surface area contributed by atoms with E-state index >= 15 is 0 Å². The fourth-order valence-electron chi connectivity index (χ4n) is 5.19. The second kappa shape index (κ2) is 11.7. The van der Waals surface area contributed by atoms with E-state index in [1.807, 2.05) is 55.5 Å². The highest BCUT2D eigenvalue weighted by atomic mass is 19.1. The van der Waals surface area contributed by atoms with Crippen molar-refractivity contribution in [2.45, 2.75) is 45.0 Å². The molecule has 6 heteroatoms. The number of halogens is 1. The average molecular weight is 513 g/mol. The maximum absolute atomic E-state index is 14.6. The third kappa shape index (κ3) is 5.65. The van der Waals surface area contributed by atoms with Gasteiger partial charge in [-0.25, -0.2) is 4.39 Å². The van der Waals surface area contributed by atoms with Crippen LogP contribution in [0.1, 0.15) is 47.4 Å². The van der Waals surface area contributed by atoms with Gasteiger partial charge in [0.1, 0.15) is 17.3 Å². The summed E-state index contributed by atoms with van der Waals surface area (Å²) in [5.74, 6) is 1.10. The van der Waals surface area contributed by atoms with Crippen LogP contribution in [0.5, 0.6) is 5.75 Å². The Balaban J connectivity index is 1.42. The molecule has 2 unspecified atom stereocenters. The molecule has 0 saturated heterocycles. The lowest BCUT2D eigenvalue weighted by molar-refractivity contribution is -0.138. The van der Waals surface area contributed by atoms with Gasteiger partial charge in [0.15, 0.2) is 6.10 Å². The van der Waals surface area contributed by atoms with E-state index in [0.29, 0.717) is 30.8 Å². The third-order valence-corrected chi connectivity index (χ3v) is 7.17. The van der Waals surface area contributed by atoms with Crippen molar-refractivity contribution in [1.82, 2.24) is 9.80 Å². The van der Waals surface area contributed by atoms with Crippen LogP contribution in [0.4, 0.5) is 4.39 Å². The van der Waals surface area contributed by atoms with Crippen LogP contribution in [0.2, 0.25) is 0 Å². The second-order valence-corrected chi connectivity index (χ2v) is 9.77. The van der Waals surface area contributed by atoms with Crippen molar-refractivity contribution in [1.29, 1.82) is 0 Å². The lowest BCUT2D eigenvalue weighted by Crippen LogP contribution is -2.39. The lowest BCUT2D eigenvalue weighted by Gasteiger charge is -2.38. The zero-order chi connectivity index (χ0) is 26.5. The van der Waals surface area contributed by atoms with Gasteiger partial charge >= 0.3 is 0 Å². The molecular formula is C32H33FN2O3. The van der Waals surface area contributed by atoms with Crippen LogP contribution in [-0.2, 0) is 24.3 Å². The average Bonchev–Trinajstić information content (AvgIpc) is 3.46. The molecule has 1 aromatic heterocycles. The highest BCUT2D eigenvalue weighted by molar-refractivity contribution is 5.81. The van der Waals surface area contributed by atoms with E-state index in [0.717, 1.165) is 29.9 Å². The van der Waals surface area contributed by atoms with E-state index in [-0.39, 0.29) is 17.8 Å². The summed E-state index contributed by atoms with van der Waals surface area (Å²) in [6.45, 7) is 3.65. The van der Waals surface area contributed by atoms with Crippen LogP contribution >= 0.6 is 0 Å². The predicted molar refractivity (Wildman–Crippen MR) is 145 cm³/mol. The number of hydrogen-bond donors (Lipinski definition) is 0. The number of nitrogens with zero attached hydrogens (tertiary/aromatic N) is 2. The number of amides is 1. The molecule has 0 saturated carbocycles. The van der Waals surface area contributed by atoms with Crippen LogP contribution in [0.15, 0.2) is 95.6 Å². The molecule has 4 aromatic rings. The molecule has 2 atom stereocenters. The number of rotatable bonds is 9. The largest absolute Gasteiger partial charge is 0.481 e. The molecule has 1 amide bonds. The zero-order valence-corrected chi connectivity index (χ0v) is 21.8. The fourth-order valence-corrected chi connectivity index (χ4v) is 5.19. The first kappa shape index (κ1) is 25.7. The van der Waals surface area contributed by atoms with Crippen LogP contribution in [-0.4, -0.2) is 35.4 Å². The number of furan rings is 1. The SMILES string of the molecule is CCC(Oc1ccc2c(c1)C(c1ccccc1)N(Cc1ccccc1F)CC2)C(=O)N(C)Cc1ccco1. The Kier molecular flexibility index (Phi) is 7.89. The molecule has 0 bridgehead atoms. The Bertz CT molecular complexity index is 1360. The number of fused-ring (bicyclic) bond motifs is 1. The van der Waals surface area contributed by atoms with Crippen molar-refractivity contribution in [3.8, 4) is 5.75 Å². The van der Waals surface area contributed by atoms with E-state index in [1.54, 1.807) is 24.3 Å². The van der Waals surface area contributed by atoms with E-state index in [1.165, 1.54) is 11.6 Å². The van der Waals surface area contributed by atoms with Gasteiger partial charge in [-0.2, -0.15) is 0 Å². The smallest absolute Gasteiger partial charge is 0.263 e. The van der Waals surface area contributed by atoms with Crippen LogP contribution in [0.3, 0.4) is 0 Å². The molecular weight excluding hydrogens is 479 g/mol. The van der Waals surface area contributed by atoms with E-state index in [4.69, 9.17) is 9.15 Å². The van der Waals surface area contributed by atoms with Gasteiger partial charge in [0.25, 0.3) is 5.91 Å². The fraction of sp³-hybridized carbons (Fsp3) is 0.281. The highest BCUT2D eigenvalue weighted by Gasteiger charge is 2.30. The van der Waals surface area contributed by atoms with Crippen LogP contribution < -0.4 is 4.74 Å². The summed E-state index contributed by atoms with van der Waals surface area (Å²) in [7, 11) is 1.76. The minimum atomic E-state index is -0.610. The summed E-state index contributed by atoms with van der Waals surface area (Å²) < 4.78 is 26.3. The zero-order valence-electron chi connectivity index (χ0n) is 21.8. The van der Waals surface area contributed by atoms with Gasteiger partial charge in [-0.05, 0) is 59.9 Å². The van der Waals surface area contributed by atoms with Gasteiger partial charge in [0, 0.05) is 25.7 Å². The Morgan fingerprint density at radius 1 is 1.08 bits per heavy atom. The lowest BCUT2D eigenvalue weighted by atomic mass is 9.87. The number of carbonyl (C=O) groups excluding carboxylic acids is 1. The third-order valence-electron chi connectivity index (χ3n) is 7.17. The summed E-state index contributed by atoms with van der Waals surface area (Å²) >= 11 is 0. The van der Waals surface area contributed by atoms with E-state index in [9.17, 15) is 9.18 Å². The Morgan fingerprint density at radius 3 is 2.61 bits per heavy atom. The summed E-state index contributed by atoms with van der Waals surface area (Å²) in [6, 6.07) is 27.0. The summed E-state index contributed by atoms with van der Waals surface area (Å²) in [5, 5.41) is 0. The Morgan fingerprint density at radius 2 is 1.87 bits per heavy atom. The summed E-state index contributed by atoms with van der Waals surface area (Å²) in [6.07, 6.45) is 2.39. The molecule has 0 N–H and O–H groups in total. The standard InChI is InChI=1S/C32H33FN2O3/c1-3-30(32(36)34(2)22-27-13-9-19-37-27)38-26-16-15-23-17-18-35(21-25-12-7-8-14-29(25)33)31(28(23)20-26)24-10-5-4-6-11-24/h4-16,19-20,30-31H,3,17-18,21-22H2,1-2H3. The number of carbonyl (C=O) groups is 1. The normalized spacial score (nSPS) is 16.0. The molecule has 1 aliphatic heterocycles. The maximum atomic E-state index is 14.6. The van der Waals surface area contributed by atoms with Crippen molar-refractivity contribution >= 4 is 5.91 Å². The van der Waals surface area contributed by atoms with Crippen LogP contribution in [0, 0.1) is 5.82 Å². The second-order valence-electron chi connectivity index (χ2n) is 9.77. The molecule has 5 rings (SSSR count). The van der Waals surface area contributed by atoms with Crippen molar-refractivity contribution in [2.75, 3.05) is 13.6 Å². The molecule has 5 nitrogen and oxygen atoms in total. The molecule has 38 heavy (non-hydrogen) atoms. The molecule has 0 aliphatic carbocycles. The minimum Gasteiger partial charge on any atom is -0.481 e. The van der Waals surface area contributed by atoms with Crippen molar-refractivity contribution in [2.24, 2.45) is 0 Å². The Labute approximate surface area is 223 Å². The Hall–Kier alpha value is -3.90. The number of likely N-dealkylation sites (N-methyl/N-ethyl adjacent to an activating group) is 1. The monoisotopic (exact) mass is 512 g/mol. The summed E-state index contributed by atoms with van der Waals surface area (Å²) in [4.78, 5) is 17.1. The molecule has 1 aliphatic rings. The topological polar surface area (TPSA) is 45.9 Å². The predicted octanol–water partition coefficient (Wildman–Crippen LogP) is 6.38. The highest BCUT2D eigenvalue weighted by Crippen LogP contribution is 2.38. The molecule has 0 fully saturated rings. The maximum Gasteiger partial charge on any atom is 0.263 e. The molecule has 2 heterocycles. The van der Waals surface area contributed by atoms with Crippen molar-refractivity contribution in [3.05, 3.63) is 125 Å². The number of hydrogen-bond acceptors (Lipinski definition) is 4. The first-order chi connectivity index (χ1) is 18.5.